The van der Waals surface area contributed by atoms with Gasteiger partial charge in [0.15, 0.2) is 5.82 Å². The summed E-state index contributed by atoms with van der Waals surface area (Å²) in [6.45, 7) is 0.598. The van der Waals surface area contributed by atoms with Gasteiger partial charge in [0.05, 0.1) is 12.6 Å². The van der Waals surface area contributed by atoms with Crippen molar-refractivity contribution in [1.82, 2.24) is 15.0 Å². The van der Waals surface area contributed by atoms with Gasteiger partial charge in [-0.2, -0.15) is 0 Å². The molecule has 0 atom stereocenters. The molecule has 0 amide bonds. The van der Waals surface area contributed by atoms with E-state index in [1.165, 1.54) is 0 Å². The zero-order valence-electron chi connectivity index (χ0n) is 15.6. The highest BCUT2D eigenvalue weighted by molar-refractivity contribution is 6.30. The van der Waals surface area contributed by atoms with E-state index in [1.54, 1.807) is 19.5 Å². The van der Waals surface area contributed by atoms with Crippen LogP contribution in [0.3, 0.4) is 0 Å². The molecule has 0 saturated carbocycles. The zero-order chi connectivity index (χ0) is 19.5. The van der Waals surface area contributed by atoms with Crippen molar-refractivity contribution in [2.75, 3.05) is 19.1 Å². The van der Waals surface area contributed by atoms with Gasteiger partial charge in [-0.05, 0) is 42.5 Å². The first-order chi connectivity index (χ1) is 13.7. The number of nitrogens with zero attached hydrogens (tertiary/aromatic N) is 4. The average Bonchev–Trinajstić information content (AvgIpc) is 2.73. The van der Waals surface area contributed by atoms with E-state index in [4.69, 9.17) is 26.3 Å². The lowest BCUT2D eigenvalue weighted by atomic mass is 10.1. The van der Waals surface area contributed by atoms with Crippen LogP contribution in [-0.2, 0) is 6.54 Å². The van der Waals surface area contributed by atoms with Gasteiger partial charge < -0.3 is 9.64 Å². The Morgan fingerprint density at radius 1 is 1.00 bits per heavy atom. The summed E-state index contributed by atoms with van der Waals surface area (Å²) >= 11 is 6.20. The average molecular weight is 391 g/mol. The van der Waals surface area contributed by atoms with E-state index in [-0.39, 0.29) is 0 Å². The van der Waals surface area contributed by atoms with E-state index >= 15 is 0 Å². The Balaban J connectivity index is 1.80. The van der Waals surface area contributed by atoms with Crippen molar-refractivity contribution >= 4 is 28.3 Å². The van der Waals surface area contributed by atoms with Gasteiger partial charge in [-0.15, -0.1) is 0 Å². The number of hydrogen-bond donors (Lipinski definition) is 0. The summed E-state index contributed by atoms with van der Waals surface area (Å²) in [5.41, 5.74) is 2.81. The number of fused-ring (bicyclic) bond motifs is 1. The van der Waals surface area contributed by atoms with Crippen LogP contribution in [0.5, 0.6) is 5.75 Å². The maximum absolute atomic E-state index is 6.20. The highest BCUT2D eigenvalue weighted by atomic mass is 35.5. The molecule has 2 aromatic carbocycles. The van der Waals surface area contributed by atoms with Gasteiger partial charge >= 0.3 is 0 Å². The number of aromatic nitrogens is 3. The minimum absolute atomic E-state index is 0.598. The summed E-state index contributed by atoms with van der Waals surface area (Å²) in [5.74, 6) is 2.31. The van der Waals surface area contributed by atoms with Crippen LogP contribution < -0.4 is 9.64 Å². The van der Waals surface area contributed by atoms with Gasteiger partial charge in [-0.25, -0.2) is 9.97 Å². The minimum Gasteiger partial charge on any atom is -0.496 e. The largest absolute Gasteiger partial charge is 0.496 e. The lowest BCUT2D eigenvalue weighted by Crippen LogP contribution is -2.19. The first kappa shape index (κ1) is 18.2. The van der Waals surface area contributed by atoms with Crippen LogP contribution in [0, 0.1) is 0 Å². The quantitative estimate of drug-likeness (QED) is 0.480. The van der Waals surface area contributed by atoms with Crippen molar-refractivity contribution in [2.24, 2.45) is 0 Å². The second-order valence-electron chi connectivity index (χ2n) is 6.44. The standard InChI is InChI=1S/C22H19ClN4O/c1-27(14-16-13-17(23)7-8-20(16)28-2)22-18-5-3-4-6-19(18)25-21(26-22)15-9-11-24-12-10-15/h3-13H,14H2,1-2H3. The van der Waals surface area contributed by atoms with Gasteiger partial charge in [0, 0.05) is 47.5 Å². The summed E-state index contributed by atoms with van der Waals surface area (Å²) in [7, 11) is 3.67. The smallest absolute Gasteiger partial charge is 0.162 e. The number of halogens is 1. The topological polar surface area (TPSA) is 51.1 Å². The number of hydrogen-bond acceptors (Lipinski definition) is 5. The van der Waals surface area contributed by atoms with E-state index in [1.807, 2.05) is 61.6 Å². The molecule has 0 saturated heterocycles. The SMILES string of the molecule is COc1ccc(Cl)cc1CN(C)c1nc(-c2ccncc2)nc2ccccc12. The van der Waals surface area contributed by atoms with Crippen LogP contribution in [0.4, 0.5) is 5.82 Å². The van der Waals surface area contributed by atoms with Crippen molar-refractivity contribution < 1.29 is 4.74 Å². The van der Waals surface area contributed by atoms with Crippen LogP contribution in [0.15, 0.2) is 67.0 Å². The maximum atomic E-state index is 6.20. The molecule has 4 aromatic rings. The van der Waals surface area contributed by atoms with Crippen molar-refractivity contribution in [3.05, 3.63) is 77.6 Å². The highest BCUT2D eigenvalue weighted by Gasteiger charge is 2.15. The molecular formula is C22H19ClN4O. The number of rotatable bonds is 5. The minimum atomic E-state index is 0.598. The fraction of sp³-hybridized carbons (Fsp3) is 0.136. The van der Waals surface area contributed by atoms with E-state index in [0.29, 0.717) is 17.4 Å². The van der Waals surface area contributed by atoms with Crippen molar-refractivity contribution in [2.45, 2.75) is 6.54 Å². The molecule has 0 N–H and O–H groups in total. The molecule has 2 aromatic heterocycles. The van der Waals surface area contributed by atoms with Gasteiger partial charge in [-0.3, -0.25) is 4.98 Å². The Morgan fingerprint density at radius 3 is 2.57 bits per heavy atom. The molecule has 6 heteroatoms. The number of ether oxygens (including phenoxy) is 1. The van der Waals surface area contributed by atoms with Gasteiger partial charge in [0.1, 0.15) is 11.6 Å². The summed E-state index contributed by atoms with van der Waals surface area (Å²) in [6.07, 6.45) is 3.49. The molecule has 140 valence electrons. The van der Waals surface area contributed by atoms with Gasteiger partial charge in [0.25, 0.3) is 0 Å². The number of pyridine rings is 1. The predicted octanol–water partition coefficient (Wildman–Crippen LogP) is 4.99. The first-order valence-corrected chi connectivity index (χ1v) is 9.24. The number of para-hydroxylation sites is 1. The molecule has 0 fully saturated rings. The van der Waals surface area contributed by atoms with Crippen molar-refractivity contribution in [3.8, 4) is 17.1 Å². The molecule has 0 bridgehead atoms. The molecule has 2 heterocycles. The molecule has 28 heavy (non-hydrogen) atoms. The van der Waals surface area contributed by atoms with Gasteiger partial charge in [0.2, 0.25) is 0 Å². The van der Waals surface area contributed by atoms with Crippen LogP contribution >= 0.6 is 11.6 Å². The molecule has 4 rings (SSSR count). The molecule has 0 aliphatic rings. The molecule has 0 radical (unpaired) electrons. The normalized spacial score (nSPS) is 10.8. The summed E-state index contributed by atoms with van der Waals surface area (Å²) < 4.78 is 5.49. The Bertz CT molecular complexity index is 1120. The molecule has 0 aliphatic heterocycles. The number of methoxy groups -OCH3 is 1. The van der Waals surface area contributed by atoms with E-state index in [2.05, 4.69) is 9.88 Å². The van der Waals surface area contributed by atoms with Crippen LogP contribution in [0.1, 0.15) is 5.56 Å². The molecule has 0 aliphatic carbocycles. The van der Waals surface area contributed by atoms with E-state index in [0.717, 1.165) is 33.6 Å². The maximum Gasteiger partial charge on any atom is 0.162 e. The third-order valence-electron chi connectivity index (χ3n) is 4.53. The van der Waals surface area contributed by atoms with E-state index < -0.39 is 0 Å². The van der Waals surface area contributed by atoms with Gasteiger partial charge in [-0.1, -0.05) is 23.7 Å². The first-order valence-electron chi connectivity index (χ1n) is 8.86. The second kappa shape index (κ2) is 7.82. The second-order valence-corrected chi connectivity index (χ2v) is 6.87. The summed E-state index contributed by atoms with van der Waals surface area (Å²) in [6, 6.07) is 17.5. The highest BCUT2D eigenvalue weighted by Crippen LogP contribution is 2.30. The molecular weight excluding hydrogens is 372 g/mol. The fourth-order valence-corrected chi connectivity index (χ4v) is 3.38. The fourth-order valence-electron chi connectivity index (χ4n) is 3.18. The monoisotopic (exact) mass is 390 g/mol. The lowest BCUT2D eigenvalue weighted by molar-refractivity contribution is 0.409. The molecule has 5 nitrogen and oxygen atoms in total. The third kappa shape index (κ3) is 3.62. The number of anilines is 1. The zero-order valence-corrected chi connectivity index (χ0v) is 16.4. The summed E-state index contributed by atoms with van der Waals surface area (Å²) in [4.78, 5) is 15.8. The Kier molecular flexibility index (Phi) is 5.08. The van der Waals surface area contributed by atoms with Crippen LogP contribution in [0.25, 0.3) is 22.3 Å². The molecule has 0 unspecified atom stereocenters. The molecule has 0 spiro atoms. The van der Waals surface area contributed by atoms with Crippen LogP contribution in [0.2, 0.25) is 5.02 Å². The van der Waals surface area contributed by atoms with E-state index in [9.17, 15) is 0 Å². The third-order valence-corrected chi connectivity index (χ3v) is 4.77. The van der Waals surface area contributed by atoms with Crippen molar-refractivity contribution in [1.29, 1.82) is 0 Å². The Hall–Kier alpha value is -3.18. The predicted molar refractivity (Wildman–Crippen MR) is 113 cm³/mol. The summed E-state index contributed by atoms with van der Waals surface area (Å²) in [5, 5.41) is 1.66. The Labute approximate surface area is 168 Å². The van der Waals surface area contributed by atoms with Crippen molar-refractivity contribution in [3.63, 3.8) is 0 Å². The Morgan fingerprint density at radius 2 is 1.79 bits per heavy atom. The van der Waals surface area contributed by atoms with Crippen LogP contribution in [-0.4, -0.2) is 29.1 Å². The number of benzene rings is 2. The lowest BCUT2D eigenvalue weighted by Gasteiger charge is -2.22.